The summed E-state index contributed by atoms with van der Waals surface area (Å²) in [7, 11) is 1.69. The molecule has 0 radical (unpaired) electrons. The molecule has 0 saturated heterocycles. The number of benzene rings is 1. The molecule has 1 aromatic rings. The van der Waals surface area contributed by atoms with Crippen LogP contribution in [0, 0.1) is 5.41 Å². The van der Waals surface area contributed by atoms with Crippen LogP contribution in [0.4, 0.5) is 0 Å². The molecule has 2 heteroatoms. The minimum absolute atomic E-state index is 0.188. The van der Waals surface area contributed by atoms with Gasteiger partial charge in [0.25, 0.3) is 0 Å². The summed E-state index contributed by atoms with van der Waals surface area (Å²) in [4.78, 5) is 0. The zero-order valence-electron chi connectivity index (χ0n) is 9.72. The molecule has 0 N–H and O–H groups in total. The highest BCUT2D eigenvalue weighted by atomic mass is 35.5. The van der Waals surface area contributed by atoms with Gasteiger partial charge >= 0.3 is 0 Å². The van der Waals surface area contributed by atoms with E-state index in [1.54, 1.807) is 7.11 Å². The molecule has 0 aliphatic rings. The Hall–Kier alpha value is -0.690. The third-order valence-corrected chi connectivity index (χ3v) is 3.59. The van der Waals surface area contributed by atoms with Gasteiger partial charge in [0.05, 0.1) is 7.11 Å². The standard InChI is InChI=1S/C13H19ClO/c1-4-13(2,10-14)9-11-6-5-7-12(8-11)15-3/h5-8H,4,9-10H2,1-3H3. The van der Waals surface area contributed by atoms with Crippen LogP contribution >= 0.6 is 11.6 Å². The summed E-state index contributed by atoms with van der Waals surface area (Å²) < 4.78 is 5.20. The lowest BCUT2D eigenvalue weighted by atomic mass is 9.83. The average Bonchev–Trinajstić information content (AvgIpc) is 2.29. The fourth-order valence-electron chi connectivity index (χ4n) is 1.54. The lowest BCUT2D eigenvalue weighted by Gasteiger charge is -2.25. The maximum atomic E-state index is 6.00. The van der Waals surface area contributed by atoms with Gasteiger partial charge in [-0.15, -0.1) is 11.6 Å². The zero-order chi connectivity index (χ0) is 11.3. The SMILES string of the molecule is CCC(C)(CCl)Cc1cccc(OC)c1. The van der Waals surface area contributed by atoms with Gasteiger partial charge in [0.1, 0.15) is 5.75 Å². The molecule has 1 unspecified atom stereocenters. The van der Waals surface area contributed by atoms with Crippen LogP contribution in [0.2, 0.25) is 0 Å². The number of ether oxygens (including phenoxy) is 1. The van der Waals surface area contributed by atoms with Crippen molar-refractivity contribution in [2.75, 3.05) is 13.0 Å². The van der Waals surface area contributed by atoms with Crippen LogP contribution in [-0.2, 0) is 6.42 Å². The highest BCUT2D eigenvalue weighted by Crippen LogP contribution is 2.29. The fraction of sp³-hybridized carbons (Fsp3) is 0.538. The number of rotatable bonds is 5. The van der Waals surface area contributed by atoms with Crippen molar-refractivity contribution in [2.45, 2.75) is 26.7 Å². The van der Waals surface area contributed by atoms with Crippen LogP contribution in [0.3, 0.4) is 0 Å². The van der Waals surface area contributed by atoms with Gasteiger partial charge in [-0.05, 0) is 36.0 Å². The van der Waals surface area contributed by atoms with E-state index in [-0.39, 0.29) is 5.41 Å². The van der Waals surface area contributed by atoms with Crippen LogP contribution in [0.15, 0.2) is 24.3 Å². The van der Waals surface area contributed by atoms with Gasteiger partial charge in [-0.25, -0.2) is 0 Å². The molecule has 0 bridgehead atoms. The second kappa shape index (κ2) is 5.41. The molecule has 0 heterocycles. The van der Waals surface area contributed by atoms with Crippen LogP contribution < -0.4 is 4.74 Å². The maximum Gasteiger partial charge on any atom is 0.119 e. The minimum atomic E-state index is 0.188. The molecular weight excluding hydrogens is 208 g/mol. The molecule has 0 saturated carbocycles. The van der Waals surface area contributed by atoms with Crippen molar-refractivity contribution in [2.24, 2.45) is 5.41 Å². The van der Waals surface area contributed by atoms with E-state index in [9.17, 15) is 0 Å². The molecule has 0 spiro atoms. The topological polar surface area (TPSA) is 9.23 Å². The maximum absolute atomic E-state index is 6.00. The Labute approximate surface area is 97.4 Å². The third kappa shape index (κ3) is 3.42. The van der Waals surface area contributed by atoms with Crippen LogP contribution in [0.25, 0.3) is 0 Å². The van der Waals surface area contributed by atoms with Crippen molar-refractivity contribution in [1.82, 2.24) is 0 Å². The second-order valence-electron chi connectivity index (χ2n) is 4.33. The van der Waals surface area contributed by atoms with Crippen molar-refractivity contribution in [1.29, 1.82) is 0 Å². The van der Waals surface area contributed by atoms with E-state index >= 15 is 0 Å². The molecule has 15 heavy (non-hydrogen) atoms. The van der Waals surface area contributed by atoms with E-state index in [1.807, 2.05) is 12.1 Å². The van der Waals surface area contributed by atoms with Gasteiger partial charge in [-0.3, -0.25) is 0 Å². The van der Waals surface area contributed by atoms with Crippen molar-refractivity contribution in [3.05, 3.63) is 29.8 Å². The number of halogens is 1. The first kappa shape index (κ1) is 12.4. The van der Waals surface area contributed by atoms with Gasteiger partial charge in [0.2, 0.25) is 0 Å². The summed E-state index contributed by atoms with van der Waals surface area (Å²) >= 11 is 6.00. The largest absolute Gasteiger partial charge is 0.497 e. The third-order valence-electron chi connectivity index (χ3n) is 2.94. The first-order chi connectivity index (χ1) is 7.13. The Bertz CT molecular complexity index is 305. The second-order valence-corrected chi connectivity index (χ2v) is 4.59. The van der Waals surface area contributed by atoms with Crippen molar-refractivity contribution in [3.63, 3.8) is 0 Å². The average molecular weight is 227 g/mol. The molecule has 0 fully saturated rings. The van der Waals surface area contributed by atoms with Crippen LogP contribution in [0.5, 0.6) is 5.75 Å². The summed E-state index contributed by atoms with van der Waals surface area (Å²) in [5.41, 5.74) is 1.48. The lowest BCUT2D eigenvalue weighted by Crippen LogP contribution is -2.20. The molecule has 1 aromatic carbocycles. The molecule has 0 aromatic heterocycles. The number of alkyl halides is 1. The van der Waals surface area contributed by atoms with Gasteiger partial charge < -0.3 is 4.74 Å². The first-order valence-electron chi connectivity index (χ1n) is 5.32. The Morgan fingerprint density at radius 1 is 1.40 bits per heavy atom. The van der Waals surface area contributed by atoms with Crippen LogP contribution in [-0.4, -0.2) is 13.0 Å². The smallest absolute Gasteiger partial charge is 0.119 e. The van der Waals surface area contributed by atoms with E-state index < -0.39 is 0 Å². The summed E-state index contributed by atoms with van der Waals surface area (Å²) in [6.07, 6.45) is 2.10. The highest BCUT2D eigenvalue weighted by Gasteiger charge is 2.21. The van der Waals surface area contributed by atoms with E-state index in [0.717, 1.165) is 18.6 Å². The normalized spacial score (nSPS) is 14.7. The molecule has 0 aliphatic carbocycles. The predicted molar refractivity (Wildman–Crippen MR) is 65.8 cm³/mol. The molecule has 0 amide bonds. The van der Waals surface area contributed by atoms with E-state index in [1.165, 1.54) is 5.56 Å². The Morgan fingerprint density at radius 2 is 2.13 bits per heavy atom. The van der Waals surface area contributed by atoms with Gasteiger partial charge in [0, 0.05) is 5.88 Å². The Kier molecular flexibility index (Phi) is 4.46. The Balaban J connectivity index is 2.79. The quantitative estimate of drug-likeness (QED) is 0.693. The molecule has 1 nitrogen and oxygen atoms in total. The molecular formula is C13H19ClO. The Morgan fingerprint density at radius 3 is 2.67 bits per heavy atom. The lowest BCUT2D eigenvalue weighted by molar-refractivity contribution is 0.354. The summed E-state index contributed by atoms with van der Waals surface area (Å²) in [5, 5.41) is 0. The predicted octanol–water partition coefficient (Wildman–Crippen LogP) is 3.89. The van der Waals surface area contributed by atoms with E-state index in [4.69, 9.17) is 16.3 Å². The molecule has 1 rings (SSSR count). The van der Waals surface area contributed by atoms with Crippen molar-refractivity contribution >= 4 is 11.6 Å². The van der Waals surface area contributed by atoms with E-state index in [2.05, 4.69) is 26.0 Å². The number of hydrogen-bond acceptors (Lipinski definition) is 1. The van der Waals surface area contributed by atoms with Gasteiger partial charge in [0.15, 0.2) is 0 Å². The zero-order valence-corrected chi connectivity index (χ0v) is 10.5. The monoisotopic (exact) mass is 226 g/mol. The number of hydrogen-bond donors (Lipinski definition) is 0. The summed E-state index contributed by atoms with van der Waals surface area (Å²) in [6, 6.07) is 8.20. The van der Waals surface area contributed by atoms with Gasteiger partial charge in [-0.1, -0.05) is 26.0 Å². The highest BCUT2D eigenvalue weighted by molar-refractivity contribution is 6.18. The van der Waals surface area contributed by atoms with Gasteiger partial charge in [-0.2, -0.15) is 0 Å². The fourth-order valence-corrected chi connectivity index (χ4v) is 1.83. The molecule has 0 aliphatic heterocycles. The minimum Gasteiger partial charge on any atom is -0.497 e. The number of methoxy groups -OCH3 is 1. The molecule has 84 valence electrons. The summed E-state index contributed by atoms with van der Waals surface area (Å²) in [6.45, 7) is 4.40. The first-order valence-corrected chi connectivity index (χ1v) is 5.86. The molecule has 1 atom stereocenters. The van der Waals surface area contributed by atoms with Crippen molar-refractivity contribution < 1.29 is 4.74 Å². The van der Waals surface area contributed by atoms with Crippen molar-refractivity contribution in [3.8, 4) is 5.75 Å². The van der Waals surface area contributed by atoms with E-state index in [0.29, 0.717) is 5.88 Å². The summed E-state index contributed by atoms with van der Waals surface area (Å²) in [5.74, 6) is 1.61. The van der Waals surface area contributed by atoms with Crippen LogP contribution in [0.1, 0.15) is 25.8 Å².